The van der Waals surface area contributed by atoms with E-state index in [2.05, 4.69) is 0 Å². The number of aliphatic hydroxyl groups excluding tert-OH is 1. The van der Waals surface area contributed by atoms with Gasteiger partial charge in [-0.3, -0.25) is 4.79 Å². The van der Waals surface area contributed by atoms with Crippen molar-refractivity contribution >= 4 is 5.91 Å². The summed E-state index contributed by atoms with van der Waals surface area (Å²) in [6, 6.07) is 0.186. The molecular formula is C13H24N2O2. The van der Waals surface area contributed by atoms with Gasteiger partial charge in [0.1, 0.15) is 0 Å². The van der Waals surface area contributed by atoms with Crippen LogP contribution in [0, 0.1) is 11.8 Å². The van der Waals surface area contributed by atoms with Crippen LogP contribution in [0.15, 0.2) is 0 Å². The maximum absolute atomic E-state index is 12.3. The number of amides is 1. The van der Waals surface area contributed by atoms with Crippen molar-refractivity contribution in [2.45, 2.75) is 51.2 Å². The molecule has 2 aliphatic rings. The van der Waals surface area contributed by atoms with Crippen molar-refractivity contribution in [2.75, 3.05) is 13.1 Å². The number of nitrogens with two attached hydrogens (primary N) is 1. The minimum Gasteiger partial charge on any atom is -0.391 e. The van der Waals surface area contributed by atoms with E-state index in [0.29, 0.717) is 12.5 Å². The summed E-state index contributed by atoms with van der Waals surface area (Å²) in [6.45, 7) is 3.34. The van der Waals surface area contributed by atoms with Gasteiger partial charge < -0.3 is 15.7 Å². The number of piperidine rings is 1. The molecule has 0 aromatic heterocycles. The number of carbonyl (C=O) groups excluding carboxylic acids is 1. The molecule has 1 saturated carbocycles. The highest BCUT2D eigenvalue weighted by atomic mass is 16.3. The number of likely N-dealkylation sites (tertiary alicyclic amines) is 1. The minimum atomic E-state index is -0.357. The standard InChI is InChI=1S/C13H24N2O2/c1-9-5-6-15(8-12(9)16)13(17)10-3-2-4-11(14)7-10/h9-12,16H,2-8,14H2,1H3. The molecule has 2 rings (SSSR count). The van der Waals surface area contributed by atoms with Crippen LogP contribution in [-0.2, 0) is 4.79 Å². The second kappa shape index (κ2) is 5.36. The average molecular weight is 240 g/mol. The Balaban J connectivity index is 1.91. The maximum Gasteiger partial charge on any atom is 0.225 e. The number of aliphatic hydroxyl groups is 1. The van der Waals surface area contributed by atoms with Crippen LogP contribution in [0.4, 0.5) is 0 Å². The fourth-order valence-electron chi connectivity index (χ4n) is 2.96. The predicted octanol–water partition coefficient (Wildman–Crippen LogP) is 0.733. The van der Waals surface area contributed by atoms with E-state index >= 15 is 0 Å². The summed E-state index contributed by atoms with van der Waals surface area (Å²) >= 11 is 0. The van der Waals surface area contributed by atoms with Crippen LogP contribution in [0.3, 0.4) is 0 Å². The lowest BCUT2D eigenvalue weighted by Gasteiger charge is -2.37. The van der Waals surface area contributed by atoms with Gasteiger partial charge in [-0.15, -0.1) is 0 Å². The second-order valence-electron chi connectivity index (χ2n) is 5.74. The van der Waals surface area contributed by atoms with E-state index in [4.69, 9.17) is 5.73 Å². The summed E-state index contributed by atoms with van der Waals surface area (Å²) < 4.78 is 0. The monoisotopic (exact) mass is 240 g/mol. The molecule has 4 unspecified atom stereocenters. The molecule has 17 heavy (non-hydrogen) atoms. The van der Waals surface area contributed by atoms with Crippen LogP contribution in [-0.4, -0.2) is 41.1 Å². The molecule has 4 atom stereocenters. The van der Waals surface area contributed by atoms with Crippen LogP contribution in [0.1, 0.15) is 39.0 Å². The molecular weight excluding hydrogens is 216 g/mol. The molecule has 3 N–H and O–H groups in total. The summed E-state index contributed by atoms with van der Waals surface area (Å²) in [7, 11) is 0. The first-order valence-corrected chi connectivity index (χ1v) is 6.80. The van der Waals surface area contributed by atoms with Crippen LogP contribution in [0.5, 0.6) is 0 Å². The molecule has 1 heterocycles. The molecule has 0 bridgehead atoms. The predicted molar refractivity (Wildman–Crippen MR) is 66.3 cm³/mol. The van der Waals surface area contributed by atoms with Crippen molar-refractivity contribution in [3.05, 3.63) is 0 Å². The van der Waals surface area contributed by atoms with Gasteiger partial charge in [-0.25, -0.2) is 0 Å². The Kier molecular flexibility index (Phi) is 4.05. The highest BCUT2D eigenvalue weighted by Crippen LogP contribution is 2.27. The van der Waals surface area contributed by atoms with Gasteiger partial charge in [-0.05, 0) is 31.6 Å². The number of carbonyl (C=O) groups is 1. The smallest absolute Gasteiger partial charge is 0.225 e. The molecule has 98 valence electrons. The summed E-state index contributed by atoms with van der Waals surface area (Å²) in [5.41, 5.74) is 5.92. The lowest BCUT2D eigenvalue weighted by atomic mass is 9.84. The Morgan fingerprint density at radius 1 is 1.35 bits per heavy atom. The first-order valence-electron chi connectivity index (χ1n) is 6.80. The summed E-state index contributed by atoms with van der Waals surface area (Å²) in [4.78, 5) is 14.2. The molecule has 1 aliphatic carbocycles. The Bertz CT molecular complexity index is 283. The second-order valence-corrected chi connectivity index (χ2v) is 5.74. The largest absolute Gasteiger partial charge is 0.391 e. The number of hydrogen-bond acceptors (Lipinski definition) is 3. The number of rotatable bonds is 1. The quantitative estimate of drug-likeness (QED) is 0.710. The third kappa shape index (κ3) is 2.99. The lowest BCUT2D eigenvalue weighted by Crippen LogP contribution is -2.49. The highest BCUT2D eigenvalue weighted by Gasteiger charge is 2.33. The lowest BCUT2D eigenvalue weighted by molar-refractivity contribution is -0.141. The van der Waals surface area contributed by atoms with Crippen molar-refractivity contribution in [3.8, 4) is 0 Å². The van der Waals surface area contributed by atoms with Gasteiger partial charge in [0, 0.05) is 25.0 Å². The molecule has 1 saturated heterocycles. The first kappa shape index (κ1) is 12.8. The van der Waals surface area contributed by atoms with Crippen LogP contribution >= 0.6 is 0 Å². The van der Waals surface area contributed by atoms with E-state index in [1.807, 2.05) is 11.8 Å². The van der Waals surface area contributed by atoms with Gasteiger partial charge >= 0.3 is 0 Å². The van der Waals surface area contributed by atoms with Gasteiger partial charge in [-0.2, -0.15) is 0 Å². The molecule has 2 fully saturated rings. The van der Waals surface area contributed by atoms with E-state index in [1.165, 1.54) is 0 Å². The van der Waals surface area contributed by atoms with Crippen molar-refractivity contribution in [2.24, 2.45) is 17.6 Å². The summed E-state index contributed by atoms with van der Waals surface area (Å²) in [5, 5.41) is 9.83. The van der Waals surface area contributed by atoms with E-state index in [9.17, 15) is 9.90 Å². The Hall–Kier alpha value is -0.610. The van der Waals surface area contributed by atoms with E-state index in [-0.39, 0.29) is 24.0 Å². The average Bonchev–Trinajstić information content (AvgIpc) is 2.32. The topological polar surface area (TPSA) is 66.6 Å². The zero-order valence-electron chi connectivity index (χ0n) is 10.6. The van der Waals surface area contributed by atoms with Crippen molar-refractivity contribution in [1.29, 1.82) is 0 Å². The number of hydrogen-bond donors (Lipinski definition) is 2. The van der Waals surface area contributed by atoms with Gasteiger partial charge in [0.15, 0.2) is 0 Å². The van der Waals surface area contributed by atoms with Gasteiger partial charge in [0.2, 0.25) is 5.91 Å². The Labute approximate surface area is 103 Å². The Morgan fingerprint density at radius 3 is 2.76 bits per heavy atom. The van der Waals surface area contributed by atoms with Crippen LogP contribution in [0.2, 0.25) is 0 Å². The van der Waals surface area contributed by atoms with Gasteiger partial charge in [0.25, 0.3) is 0 Å². The fraction of sp³-hybridized carbons (Fsp3) is 0.923. The molecule has 0 aromatic rings. The van der Waals surface area contributed by atoms with E-state index in [1.54, 1.807) is 0 Å². The van der Waals surface area contributed by atoms with Crippen molar-refractivity contribution < 1.29 is 9.90 Å². The fourth-order valence-corrected chi connectivity index (χ4v) is 2.96. The SMILES string of the molecule is CC1CCN(C(=O)C2CCCC(N)C2)CC1O. The highest BCUT2D eigenvalue weighted by molar-refractivity contribution is 5.79. The van der Waals surface area contributed by atoms with Crippen LogP contribution in [0.25, 0.3) is 0 Å². The maximum atomic E-state index is 12.3. The molecule has 4 nitrogen and oxygen atoms in total. The number of β-amino-alcohol motifs (C(OH)–C–C–N with tert-alkyl or cyclic N) is 1. The third-order valence-corrected chi connectivity index (χ3v) is 4.29. The molecule has 1 amide bonds. The van der Waals surface area contributed by atoms with Crippen molar-refractivity contribution in [1.82, 2.24) is 4.90 Å². The molecule has 0 spiro atoms. The zero-order valence-corrected chi connectivity index (χ0v) is 10.6. The summed E-state index contributed by atoms with van der Waals surface area (Å²) in [6.07, 6.45) is 4.44. The number of nitrogens with zero attached hydrogens (tertiary/aromatic N) is 1. The van der Waals surface area contributed by atoms with Gasteiger partial charge in [-0.1, -0.05) is 13.3 Å². The summed E-state index contributed by atoms with van der Waals surface area (Å²) in [5.74, 6) is 0.623. The van der Waals surface area contributed by atoms with Gasteiger partial charge in [0.05, 0.1) is 6.10 Å². The molecule has 4 heteroatoms. The van der Waals surface area contributed by atoms with E-state index in [0.717, 1.165) is 38.6 Å². The third-order valence-electron chi connectivity index (χ3n) is 4.29. The minimum absolute atomic E-state index is 0.0966. The van der Waals surface area contributed by atoms with E-state index < -0.39 is 0 Å². The molecule has 1 aliphatic heterocycles. The zero-order chi connectivity index (χ0) is 12.4. The normalized spacial score (nSPS) is 39.1. The van der Waals surface area contributed by atoms with Crippen LogP contribution < -0.4 is 5.73 Å². The molecule has 0 aromatic carbocycles. The Morgan fingerprint density at radius 2 is 2.12 bits per heavy atom. The van der Waals surface area contributed by atoms with Crippen molar-refractivity contribution in [3.63, 3.8) is 0 Å². The first-order chi connectivity index (χ1) is 8.08. The molecule has 0 radical (unpaired) electrons.